The number of H-pyrrole nitrogens is 1. The fourth-order valence-corrected chi connectivity index (χ4v) is 2.97. The van der Waals surface area contributed by atoms with Gasteiger partial charge in [-0.05, 0) is 41.7 Å². The first-order valence-corrected chi connectivity index (χ1v) is 10.5. The first-order valence-electron chi connectivity index (χ1n) is 10.5. The Kier molecular flexibility index (Phi) is 8.90. The van der Waals surface area contributed by atoms with E-state index < -0.39 is 35.9 Å². The Morgan fingerprint density at radius 2 is 1.82 bits per heavy atom. The Hall–Kier alpha value is -5.93. The van der Waals surface area contributed by atoms with Crippen LogP contribution in [0.4, 0.5) is 11.6 Å². The molecule has 0 saturated heterocycles. The number of carbonyl (C=O) groups excluding carboxylic acids is 3. The lowest BCUT2D eigenvalue weighted by atomic mass is 10.1. The average Bonchev–Trinajstić information content (AvgIpc) is 2.91. The van der Waals surface area contributed by atoms with E-state index in [1.165, 1.54) is 18.3 Å². The van der Waals surface area contributed by atoms with E-state index in [0.29, 0.717) is 11.4 Å². The van der Waals surface area contributed by atoms with Gasteiger partial charge in [-0.2, -0.15) is 4.98 Å². The molecule has 19 nitrogen and oxygen atoms in total. The highest BCUT2D eigenvalue weighted by atomic mass is 16.7. The van der Waals surface area contributed by atoms with E-state index >= 15 is 0 Å². The van der Waals surface area contributed by atoms with Crippen LogP contribution in [0, 0.1) is 0 Å². The van der Waals surface area contributed by atoms with E-state index in [-0.39, 0.29) is 35.6 Å². The highest BCUT2D eigenvalue weighted by Crippen LogP contribution is 2.13. The number of benzene rings is 1. The van der Waals surface area contributed by atoms with Crippen molar-refractivity contribution in [3.05, 3.63) is 73.0 Å². The zero-order chi connectivity index (χ0) is 27.5. The number of amides is 1. The fraction of sp³-hybridized carbons (Fsp3) is 0.211. The van der Waals surface area contributed by atoms with E-state index in [1.807, 2.05) is 0 Å². The second kappa shape index (κ2) is 12.7. The van der Waals surface area contributed by atoms with E-state index in [0.717, 1.165) is 0 Å². The predicted molar refractivity (Wildman–Crippen MR) is 127 cm³/mol. The monoisotopic (exact) mass is 523 g/mol. The molecule has 3 rings (SSSR count). The molecule has 3 aromatic rings. The van der Waals surface area contributed by atoms with Crippen LogP contribution < -0.4 is 21.9 Å². The summed E-state index contributed by atoms with van der Waals surface area (Å²) in [7, 11) is 0. The van der Waals surface area contributed by atoms with Gasteiger partial charge in [0.25, 0.3) is 11.5 Å². The zero-order valence-electron chi connectivity index (χ0n) is 19.1. The molecule has 0 aliphatic rings. The van der Waals surface area contributed by atoms with Crippen LogP contribution in [0.15, 0.2) is 45.8 Å². The summed E-state index contributed by atoms with van der Waals surface area (Å²) < 4.78 is 0. The first kappa shape index (κ1) is 26.7. The molecule has 2 aromatic heterocycles. The topological polar surface area (TPSA) is 289 Å². The summed E-state index contributed by atoms with van der Waals surface area (Å²) >= 11 is 0. The molecule has 1 atom stereocenters. The van der Waals surface area contributed by atoms with Crippen LogP contribution in [0.5, 0.6) is 0 Å². The van der Waals surface area contributed by atoms with Gasteiger partial charge in [-0.1, -0.05) is 0 Å². The van der Waals surface area contributed by atoms with Gasteiger partial charge in [0, 0.05) is 27.5 Å². The van der Waals surface area contributed by atoms with Crippen LogP contribution in [-0.2, 0) is 25.8 Å². The molecule has 0 bridgehead atoms. The minimum atomic E-state index is -1.39. The lowest BCUT2D eigenvalue weighted by molar-refractivity contribution is -0.147. The summed E-state index contributed by atoms with van der Waals surface area (Å²) in [4.78, 5) is 75.8. The predicted octanol–water partition coefficient (Wildman–Crippen LogP) is 1.32. The highest BCUT2D eigenvalue weighted by Gasteiger charge is 2.24. The van der Waals surface area contributed by atoms with Gasteiger partial charge in [-0.3, -0.25) is 19.4 Å². The molecule has 38 heavy (non-hydrogen) atoms. The molecule has 0 spiro atoms. The Bertz CT molecular complexity index is 1510. The zero-order valence-corrected chi connectivity index (χ0v) is 19.1. The van der Waals surface area contributed by atoms with Crippen molar-refractivity contribution in [2.24, 2.45) is 10.6 Å². The molecular formula is C19H17N13O6. The van der Waals surface area contributed by atoms with E-state index in [2.05, 4.69) is 60.6 Å². The molecular weight excluding hydrogens is 506 g/mol. The van der Waals surface area contributed by atoms with E-state index in [4.69, 9.17) is 16.8 Å². The summed E-state index contributed by atoms with van der Waals surface area (Å²) in [6, 6.07) is 4.66. The largest absolute Gasteiger partial charge is 0.379 e. The molecule has 1 aromatic carbocycles. The summed E-state index contributed by atoms with van der Waals surface area (Å²) in [6.45, 7) is 0.192. The minimum Gasteiger partial charge on any atom is -0.379 e. The second-order valence-corrected chi connectivity index (χ2v) is 7.20. The SMILES string of the molecule is [N-]=[N+]=NOC(=O)CC[C@H](NC(=O)c1ccc(NCc2cnc3nc(N)[nH]c(=O)c3n2)cc1)C(=O)ON=[N+]=[N-]. The van der Waals surface area contributed by atoms with Crippen molar-refractivity contribution in [2.45, 2.75) is 25.4 Å². The Morgan fingerprint density at radius 3 is 2.53 bits per heavy atom. The number of aromatic nitrogens is 4. The van der Waals surface area contributed by atoms with Crippen LogP contribution in [0.3, 0.4) is 0 Å². The third kappa shape index (κ3) is 7.28. The lowest BCUT2D eigenvalue weighted by Crippen LogP contribution is -2.41. The number of aromatic amines is 1. The van der Waals surface area contributed by atoms with Gasteiger partial charge >= 0.3 is 11.9 Å². The third-order valence-corrected chi connectivity index (χ3v) is 4.68. The number of anilines is 2. The molecule has 2 heterocycles. The van der Waals surface area contributed by atoms with Crippen LogP contribution in [0.1, 0.15) is 28.9 Å². The third-order valence-electron chi connectivity index (χ3n) is 4.68. The summed E-state index contributed by atoms with van der Waals surface area (Å²) in [5, 5.41) is 10.7. The molecule has 0 fully saturated rings. The molecule has 0 radical (unpaired) electrons. The van der Waals surface area contributed by atoms with Crippen molar-refractivity contribution in [2.75, 3.05) is 11.1 Å². The van der Waals surface area contributed by atoms with Crippen LogP contribution in [0.25, 0.3) is 32.0 Å². The number of azide groups is 2. The first-order chi connectivity index (χ1) is 18.3. The maximum absolute atomic E-state index is 12.6. The Morgan fingerprint density at radius 1 is 1.11 bits per heavy atom. The number of nitrogens with one attached hydrogen (secondary N) is 3. The Balaban J connectivity index is 1.63. The number of nitrogens with zero attached hydrogens (tertiary/aromatic N) is 9. The molecule has 5 N–H and O–H groups in total. The molecule has 19 heteroatoms. The summed E-state index contributed by atoms with van der Waals surface area (Å²) in [6.07, 6.45) is 0.703. The number of hydrogen-bond acceptors (Lipinski definition) is 13. The smallest absolute Gasteiger partial charge is 0.340 e. The van der Waals surface area contributed by atoms with Crippen molar-refractivity contribution in [3.63, 3.8) is 0 Å². The van der Waals surface area contributed by atoms with Gasteiger partial charge in [-0.15, -0.1) is 0 Å². The van der Waals surface area contributed by atoms with Crippen LogP contribution >= 0.6 is 0 Å². The summed E-state index contributed by atoms with van der Waals surface area (Å²) in [5.41, 5.74) is 22.8. The molecule has 0 aliphatic heterocycles. The number of hydrogen-bond donors (Lipinski definition) is 4. The van der Waals surface area contributed by atoms with Gasteiger partial charge in [0.2, 0.25) is 5.95 Å². The van der Waals surface area contributed by atoms with Crippen molar-refractivity contribution in [1.82, 2.24) is 25.3 Å². The van der Waals surface area contributed by atoms with Crippen molar-refractivity contribution in [1.29, 1.82) is 0 Å². The molecule has 0 saturated carbocycles. The van der Waals surface area contributed by atoms with Crippen LogP contribution in [-0.4, -0.2) is 43.8 Å². The van der Waals surface area contributed by atoms with Gasteiger partial charge < -0.3 is 26.0 Å². The maximum atomic E-state index is 12.6. The fourth-order valence-electron chi connectivity index (χ4n) is 2.97. The molecule has 0 unspecified atom stereocenters. The minimum absolute atomic E-state index is 0.0325. The average molecular weight is 523 g/mol. The van der Waals surface area contributed by atoms with E-state index in [9.17, 15) is 19.2 Å². The normalized spacial score (nSPS) is 10.8. The van der Waals surface area contributed by atoms with Gasteiger partial charge in [-0.25, -0.2) is 14.8 Å². The second-order valence-electron chi connectivity index (χ2n) is 7.20. The van der Waals surface area contributed by atoms with Crippen LogP contribution in [0.2, 0.25) is 0 Å². The van der Waals surface area contributed by atoms with Crippen molar-refractivity contribution < 1.29 is 24.1 Å². The maximum Gasteiger partial charge on any atom is 0.340 e. The standard InChI is InChI=1S/C19H17N13O6/c20-19-27-15-14(17(35)28-19)25-11(8-24-15)7-23-10-3-1-9(2-4-10)16(34)26-12(18(36)38-32-30-22)5-6-13(33)37-31-29-21/h1-4,8,12,23H,5-7H2,(H,26,34)(H3,20,24,27,28,35)/t12-/m0/s1. The Labute approximate surface area is 210 Å². The molecule has 194 valence electrons. The van der Waals surface area contributed by atoms with Gasteiger partial charge in [0.1, 0.15) is 16.6 Å². The molecule has 1 amide bonds. The van der Waals surface area contributed by atoms with Gasteiger partial charge in [0.15, 0.2) is 11.2 Å². The van der Waals surface area contributed by atoms with Gasteiger partial charge in [0.05, 0.1) is 18.4 Å². The highest BCUT2D eigenvalue weighted by molar-refractivity contribution is 5.97. The molecule has 0 aliphatic carbocycles. The lowest BCUT2D eigenvalue weighted by Gasteiger charge is -2.15. The van der Waals surface area contributed by atoms with Crippen molar-refractivity contribution >= 4 is 40.6 Å². The number of carbonyl (C=O) groups is 3. The quantitative estimate of drug-likeness (QED) is 0.120. The number of rotatable bonds is 11. The summed E-state index contributed by atoms with van der Waals surface area (Å²) in [5.74, 6) is -2.86. The number of nitrogen functional groups attached to an aromatic ring is 1. The number of fused-ring (bicyclic) bond motifs is 1. The number of nitrogens with two attached hydrogens (primary N) is 1. The van der Waals surface area contributed by atoms with Crippen molar-refractivity contribution in [3.8, 4) is 0 Å². The van der Waals surface area contributed by atoms with E-state index in [1.54, 1.807) is 12.1 Å².